The van der Waals surface area contributed by atoms with Crippen molar-refractivity contribution in [2.24, 2.45) is 5.92 Å². The quantitative estimate of drug-likeness (QED) is 0.802. The zero-order valence-electron chi connectivity index (χ0n) is 11.2. The molecule has 0 fully saturated rings. The number of nitrogens with zero attached hydrogens (tertiary/aromatic N) is 2. The Balaban J connectivity index is 2.90. The molecule has 0 spiro atoms. The van der Waals surface area contributed by atoms with Crippen molar-refractivity contribution in [1.29, 1.82) is 0 Å². The maximum atomic E-state index is 4.51. The van der Waals surface area contributed by atoms with E-state index < -0.39 is 0 Å². The first-order valence-electron chi connectivity index (χ1n) is 6.26. The SMILES string of the molecule is CNCCc1cnn(C(C)C)c1CC(C)C. The molecule has 0 aliphatic carbocycles. The summed E-state index contributed by atoms with van der Waals surface area (Å²) in [5.41, 5.74) is 2.82. The van der Waals surface area contributed by atoms with Crippen LogP contribution in [0.4, 0.5) is 0 Å². The van der Waals surface area contributed by atoms with E-state index in [4.69, 9.17) is 0 Å². The van der Waals surface area contributed by atoms with Crippen LogP contribution in [0.3, 0.4) is 0 Å². The highest BCUT2D eigenvalue weighted by atomic mass is 15.3. The summed E-state index contributed by atoms with van der Waals surface area (Å²) in [6.45, 7) is 9.94. The molecule has 0 unspecified atom stereocenters. The van der Waals surface area contributed by atoms with E-state index in [9.17, 15) is 0 Å². The van der Waals surface area contributed by atoms with E-state index in [1.807, 2.05) is 13.2 Å². The zero-order valence-corrected chi connectivity index (χ0v) is 11.2. The first kappa shape index (κ1) is 13.2. The monoisotopic (exact) mass is 223 g/mol. The van der Waals surface area contributed by atoms with Gasteiger partial charge in [-0.2, -0.15) is 5.10 Å². The zero-order chi connectivity index (χ0) is 12.1. The van der Waals surface area contributed by atoms with Gasteiger partial charge >= 0.3 is 0 Å². The summed E-state index contributed by atoms with van der Waals surface area (Å²) in [7, 11) is 2.00. The molecule has 1 rings (SSSR count). The van der Waals surface area contributed by atoms with Crippen LogP contribution in [-0.2, 0) is 12.8 Å². The van der Waals surface area contributed by atoms with Crippen LogP contribution in [-0.4, -0.2) is 23.4 Å². The van der Waals surface area contributed by atoms with E-state index in [1.54, 1.807) is 0 Å². The van der Waals surface area contributed by atoms with E-state index in [0.29, 0.717) is 12.0 Å². The van der Waals surface area contributed by atoms with Crippen molar-refractivity contribution < 1.29 is 0 Å². The van der Waals surface area contributed by atoms with E-state index in [-0.39, 0.29) is 0 Å². The van der Waals surface area contributed by atoms with Gasteiger partial charge < -0.3 is 5.32 Å². The van der Waals surface area contributed by atoms with Gasteiger partial charge in [0.1, 0.15) is 0 Å². The summed E-state index contributed by atoms with van der Waals surface area (Å²) in [5.74, 6) is 0.683. The number of likely N-dealkylation sites (N-methyl/N-ethyl adjacent to an activating group) is 1. The fourth-order valence-electron chi connectivity index (χ4n) is 1.95. The molecule has 0 aliphatic rings. The van der Waals surface area contributed by atoms with Gasteiger partial charge in [0.05, 0.1) is 6.20 Å². The van der Waals surface area contributed by atoms with Crippen molar-refractivity contribution >= 4 is 0 Å². The van der Waals surface area contributed by atoms with Gasteiger partial charge in [0.25, 0.3) is 0 Å². The van der Waals surface area contributed by atoms with Crippen LogP contribution >= 0.6 is 0 Å². The second kappa shape index (κ2) is 6.04. The summed E-state index contributed by atoms with van der Waals surface area (Å²) < 4.78 is 2.17. The normalized spacial score (nSPS) is 11.7. The summed E-state index contributed by atoms with van der Waals surface area (Å²) in [6, 6.07) is 0.456. The molecule has 0 aromatic carbocycles. The van der Waals surface area contributed by atoms with Crippen LogP contribution in [0, 0.1) is 5.92 Å². The Hall–Kier alpha value is -0.830. The Morgan fingerprint density at radius 3 is 2.50 bits per heavy atom. The fourth-order valence-corrected chi connectivity index (χ4v) is 1.95. The van der Waals surface area contributed by atoms with E-state index in [1.165, 1.54) is 11.3 Å². The number of nitrogens with one attached hydrogen (secondary N) is 1. The standard InChI is InChI=1S/C13H25N3/c1-10(2)8-13-12(6-7-14-5)9-15-16(13)11(3)4/h9-11,14H,6-8H2,1-5H3. The summed E-state index contributed by atoms with van der Waals surface area (Å²) in [5, 5.41) is 7.71. The molecule has 1 heterocycles. The molecule has 0 amide bonds. The first-order chi connectivity index (χ1) is 7.56. The predicted octanol–water partition coefficient (Wildman–Crippen LogP) is 2.42. The molecule has 1 aromatic rings. The van der Waals surface area contributed by atoms with Crippen LogP contribution in [0.5, 0.6) is 0 Å². The van der Waals surface area contributed by atoms with E-state index in [2.05, 4.69) is 42.8 Å². The van der Waals surface area contributed by atoms with Gasteiger partial charge in [-0.25, -0.2) is 0 Å². The minimum atomic E-state index is 0.456. The van der Waals surface area contributed by atoms with Gasteiger partial charge in [0, 0.05) is 11.7 Å². The molecule has 16 heavy (non-hydrogen) atoms. The molecular formula is C13H25N3. The third kappa shape index (κ3) is 3.34. The van der Waals surface area contributed by atoms with Crippen molar-refractivity contribution in [3.63, 3.8) is 0 Å². The van der Waals surface area contributed by atoms with Gasteiger partial charge in [-0.15, -0.1) is 0 Å². The van der Waals surface area contributed by atoms with Gasteiger partial charge in [0.15, 0.2) is 0 Å². The van der Waals surface area contributed by atoms with Crippen molar-refractivity contribution in [2.75, 3.05) is 13.6 Å². The van der Waals surface area contributed by atoms with Crippen molar-refractivity contribution in [3.8, 4) is 0 Å². The van der Waals surface area contributed by atoms with Crippen LogP contribution in [0.25, 0.3) is 0 Å². The summed E-state index contributed by atoms with van der Waals surface area (Å²) in [4.78, 5) is 0. The molecule has 0 atom stereocenters. The Kier molecular flexibility index (Phi) is 5.00. The van der Waals surface area contributed by atoms with Gasteiger partial charge in [-0.05, 0) is 51.8 Å². The van der Waals surface area contributed by atoms with E-state index in [0.717, 1.165) is 19.4 Å². The molecular weight excluding hydrogens is 198 g/mol. The van der Waals surface area contributed by atoms with Crippen LogP contribution < -0.4 is 5.32 Å². The molecule has 3 nitrogen and oxygen atoms in total. The molecule has 1 aromatic heterocycles. The Labute approximate surface area is 99.2 Å². The van der Waals surface area contributed by atoms with Crippen molar-refractivity contribution in [1.82, 2.24) is 15.1 Å². The first-order valence-corrected chi connectivity index (χ1v) is 6.26. The average Bonchev–Trinajstić information content (AvgIpc) is 2.57. The predicted molar refractivity (Wildman–Crippen MR) is 68.8 cm³/mol. The van der Waals surface area contributed by atoms with Crippen molar-refractivity contribution in [3.05, 3.63) is 17.5 Å². The second-order valence-electron chi connectivity index (χ2n) is 5.11. The number of aromatic nitrogens is 2. The number of rotatable bonds is 6. The Morgan fingerprint density at radius 2 is 2.00 bits per heavy atom. The molecule has 92 valence electrons. The largest absolute Gasteiger partial charge is 0.319 e. The summed E-state index contributed by atoms with van der Waals surface area (Å²) >= 11 is 0. The number of hydrogen-bond donors (Lipinski definition) is 1. The lowest BCUT2D eigenvalue weighted by Crippen LogP contribution is -2.14. The van der Waals surface area contributed by atoms with Crippen LogP contribution in [0.1, 0.15) is 45.0 Å². The Bertz CT molecular complexity index is 313. The molecule has 0 aliphatic heterocycles. The van der Waals surface area contributed by atoms with Gasteiger partial charge in [0.2, 0.25) is 0 Å². The highest BCUT2D eigenvalue weighted by Crippen LogP contribution is 2.18. The lowest BCUT2D eigenvalue weighted by atomic mass is 10.0. The lowest BCUT2D eigenvalue weighted by molar-refractivity contribution is 0.486. The molecule has 3 heteroatoms. The highest BCUT2D eigenvalue weighted by molar-refractivity contribution is 5.19. The fraction of sp³-hybridized carbons (Fsp3) is 0.769. The molecule has 0 bridgehead atoms. The third-order valence-corrected chi connectivity index (χ3v) is 2.72. The molecule has 0 saturated heterocycles. The maximum absolute atomic E-state index is 4.51. The summed E-state index contributed by atoms with van der Waals surface area (Å²) in [6.07, 6.45) is 4.23. The van der Waals surface area contributed by atoms with Crippen LogP contribution in [0.15, 0.2) is 6.20 Å². The molecule has 0 radical (unpaired) electrons. The maximum Gasteiger partial charge on any atom is 0.0525 e. The van der Waals surface area contributed by atoms with E-state index >= 15 is 0 Å². The number of hydrogen-bond acceptors (Lipinski definition) is 2. The minimum absolute atomic E-state index is 0.456. The highest BCUT2D eigenvalue weighted by Gasteiger charge is 2.13. The minimum Gasteiger partial charge on any atom is -0.319 e. The van der Waals surface area contributed by atoms with Gasteiger partial charge in [-0.3, -0.25) is 4.68 Å². The van der Waals surface area contributed by atoms with Gasteiger partial charge in [-0.1, -0.05) is 13.8 Å². The van der Waals surface area contributed by atoms with Crippen LogP contribution in [0.2, 0.25) is 0 Å². The second-order valence-corrected chi connectivity index (χ2v) is 5.11. The smallest absolute Gasteiger partial charge is 0.0525 e. The van der Waals surface area contributed by atoms with Crippen molar-refractivity contribution in [2.45, 2.75) is 46.6 Å². The molecule has 0 saturated carbocycles. The molecule has 1 N–H and O–H groups in total. The topological polar surface area (TPSA) is 29.9 Å². The lowest BCUT2D eigenvalue weighted by Gasteiger charge is -2.14. The average molecular weight is 223 g/mol. The Morgan fingerprint density at radius 1 is 1.31 bits per heavy atom. The third-order valence-electron chi connectivity index (χ3n) is 2.72.